The molecule has 0 bridgehead atoms. The molecule has 1 saturated heterocycles. The van der Waals surface area contributed by atoms with Gasteiger partial charge in [0.2, 0.25) is 0 Å². The van der Waals surface area contributed by atoms with Crippen LogP contribution in [0.15, 0.2) is 60.7 Å². The number of carbonyl (C=O) groups excluding carboxylic acids is 1. The lowest BCUT2D eigenvalue weighted by atomic mass is 9.90. The molecule has 0 radical (unpaired) electrons. The molecule has 2 aliphatic heterocycles. The van der Waals surface area contributed by atoms with Crippen molar-refractivity contribution >= 4 is 22.4 Å². The van der Waals surface area contributed by atoms with Crippen LogP contribution in [0.5, 0.6) is 0 Å². The highest BCUT2D eigenvalue weighted by Crippen LogP contribution is 2.46. The Bertz CT molecular complexity index is 1210. The molecule has 2 heterocycles. The lowest BCUT2D eigenvalue weighted by Gasteiger charge is -2.40. The summed E-state index contributed by atoms with van der Waals surface area (Å²) in [5.74, 6) is -0.228. The molecule has 1 aliphatic carbocycles. The quantitative estimate of drug-likeness (QED) is 0.629. The topological polar surface area (TPSA) is 64.0 Å². The zero-order valence-corrected chi connectivity index (χ0v) is 18.8. The van der Waals surface area contributed by atoms with Crippen LogP contribution in [0.1, 0.15) is 48.4 Å². The number of anilines is 1. The number of rotatable bonds is 5. The summed E-state index contributed by atoms with van der Waals surface area (Å²) in [7, 11) is 0. The fourth-order valence-electron chi connectivity index (χ4n) is 6.39. The number of para-hydroxylation sites is 1. The standard InChI is InChI=1S/C28H30N2O3/c31-17-5-14-28(33)23-10-1-2-11-24(23)30(27(28)32)21-12-15-29(16-13-21)25-18-20-8-3-6-19-7-4-9-22(25)26(19)20/h1-4,6-11,21,25,31,33H,5,12-18H2. The molecule has 3 aromatic carbocycles. The van der Waals surface area contributed by atoms with E-state index in [1.54, 1.807) is 0 Å². The molecular weight excluding hydrogens is 412 g/mol. The summed E-state index contributed by atoms with van der Waals surface area (Å²) < 4.78 is 0. The van der Waals surface area contributed by atoms with E-state index in [0.717, 1.165) is 38.0 Å². The largest absolute Gasteiger partial charge is 0.396 e. The fourth-order valence-corrected chi connectivity index (χ4v) is 6.39. The van der Waals surface area contributed by atoms with Gasteiger partial charge in [0.05, 0.1) is 5.69 Å². The summed E-state index contributed by atoms with van der Waals surface area (Å²) in [5, 5.41) is 23.4. The second-order valence-electron chi connectivity index (χ2n) is 9.73. The van der Waals surface area contributed by atoms with Gasteiger partial charge in [0, 0.05) is 37.3 Å². The van der Waals surface area contributed by atoms with Gasteiger partial charge in [0.25, 0.3) is 5.91 Å². The maximum atomic E-state index is 13.5. The Morgan fingerprint density at radius 3 is 2.52 bits per heavy atom. The van der Waals surface area contributed by atoms with Crippen LogP contribution in [0.3, 0.4) is 0 Å². The minimum Gasteiger partial charge on any atom is -0.396 e. The third kappa shape index (κ3) is 3.14. The Morgan fingerprint density at radius 2 is 1.73 bits per heavy atom. The van der Waals surface area contributed by atoms with Gasteiger partial charge in [-0.2, -0.15) is 0 Å². The average molecular weight is 443 g/mol. The van der Waals surface area contributed by atoms with Crippen molar-refractivity contribution in [3.8, 4) is 0 Å². The Morgan fingerprint density at radius 1 is 0.970 bits per heavy atom. The lowest BCUT2D eigenvalue weighted by molar-refractivity contribution is -0.137. The molecule has 0 saturated carbocycles. The molecule has 3 aromatic rings. The van der Waals surface area contributed by atoms with Gasteiger partial charge in [0.15, 0.2) is 5.60 Å². The molecule has 1 fully saturated rings. The normalized spacial score (nSPS) is 25.2. The number of fused-ring (bicyclic) bond motifs is 1. The lowest BCUT2D eigenvalue weighted by Crippen LogP contribution is -2.50. The zero-order valence-electron chi connectivity index (χ0n) is 18.8. The predicted molar refractivity (Wildman–Crippen MR) is 129 cm³/mol. The van der Waals surface area contributed by atoms with Gasteiger partial charge in [-0.25, -0.2) is 0 Å². The zero-order chi connectivity index (χ0) is 22.6. The van der Waals surface area contributed by atoms with E-state index in [1.165, 1.54) is 21.9 Å². The Balaban J connectivity index is 1.22. The van der Waals surface area contributed by atoms with E-state index in [1.807, 2.05) is 29.2 Å². The van der Waals surface area contributed by atoms with Crippen LogP contribution in [0, 0.1) is 0 Å². The Hall–Kier alpha value is -2.73. The molecule has 2 N–H and O–H groups in total. The van der Waals surface area contributed by atoms with Crippen LogP contribution in [0.25, 0.3) is 10.8 Å². The van der Waals surface area contributed by atoms with E-state index in [0.29, 0.717) is 18.0 Å². The van der Waals surface area contributed by atoms with E-state index >= 15 is 0 Å². The first-order valence-corrected chi connectivity index (χ1v) is 12.1. The second kappa shape index (κ2) is 7.94. The van der Waals surface area contributed by atoms with Crippen molar-refractivity contribution in [1.29, 1.82) is 0 Å². The SMILES string of the molecule is O=C1N(C2CCN(C3Cc4cccc5cccc3c45)CC2)c2ccccc2C1(O)CCCO. The molecule has 5 heteroatoms. The molecule has 0 spiro atoms. The summed E-state index contributed by atoms with van der Waals surface area (Å²) in [6.07, 6.45) is 3.47. The van der Waals surface area contributed by atoms with Gasteiger partial charge in [-0.15, -0.1) is 0 Å². The summed E-state index contributed by atoms with van der Waals surface area (Å²) >= 11 is 0. The highest BCUT2D eigenvalue weighted by atomic mass is 16.3. The predicted octanol–water partition coefficient (Wildman–Crippen LogP) is 3.91. The van der Waals surface area contributed by atoms with Crippen LogP contribution in [0.4, 0.5) is 5.69 Å². The monoisotopic (exact) mass is 442 g/mol. The highest BCUT2D eigenvalue weighted by molar-refractivity contribution is 6.07. The molecule has 2 unspecified atom stereocenters. The fraction of sp³-hybridized carbons (Fsp3) is 0.393. The molecule has 5 nitrogen and oxygen atoms in total. The summed E-state index contributed by atoms with van der Waals surface area (Å²) in [6.45, 7) is 1.83. The van der Waals surface area contributed by atoms with Crippen LogP contribution in [-0.4, -0.2) is 46.8 Å². The minimum absolute atomic E-state index is 0.0350. The number of hydrogen-bond donors (Lipinski definition) is 2. The molecular formula is C28H30N2O3. The van der Waals surface area contributed by atoms with Crippen molar-refractivity contribution in [3.63, 3.8) is 0 Å². The number of benzene rings is 3. The summed E-state index contributed by atoms with van der Waals surface area (Å²) in [6, 6.07) is 21.3. The smallest absolute Gasteiger partial charge is 0.263 e. The molecule has 0 aromatic heterocycles. The van der Waals surface area contributed by atoms with Crippen LogP contribution in [-0.2, 0) is 16.8 Å². The minimum atomic E-state index is -1.53. The number of aliphatic hydroxyl groups is 2. The highest BCUT2D eigenvalue weighted by Gasteiger charge is 2.51. The van der Waals surface area contributed by atoms with Gasteiger partial charge in [-0.3, -0.25) is 9.69 Å². The molecule has 1 amide bonds. The van der Waals surface area contributed by atoms with E-state index in [4.69, 9.17) is 0 Å². The van der Waals surface area contributed by atoms with Crippen molar-refractivity contribution in [2.45, 2.75) is 49.8 Å². The number of nitrogens with zero attached hydrogens (tertiary/aromatic N) is 2. The van der Waals surface area contributed by atoms with Crippen LogP contribution in [0.2, 0.25) is 0 Å². The van der Waals surface area contributed by atoms with E-state index in [9.17, 15) is 15.0 Å². The molecule has 3 aliphatic rings. The van der Waals surface area contributed by atoms with Gasteiger partial charge < -0.3 is 15.1 Å². The van der Waals surface area contributed by atoms with Crippen LogP contribution < -0.4 is 4.90 Å². The van der Waals surface area contributed by atoms with Crippen molar-refractivity contribution in [3.05, 3.63) is 77.4 Å². The summed E-state index contributed by atoms with van der Waals surface area (Å²) in [4.78, 5) is 17.9. The van der Waals surface area contributed by atoms with Gasteiger partial charge >= 0.3 is 0 Å². The molecule has 170 valence electrons. The summed E-state index contributed by atoms with van der Waals surface area (Å²) in [5.41, 5.74) is 2.86. The van der Waals surface area contributed by atoms with Gasteiger partial charge in [0.1, 0.15) is 0 Å². The van der Waals surface area contributed by atoms with E-state index in [2.05, 4.69) is 41.3 Å². The first-order chi connectivity index (χ1) is 16.1. The molecule has 2 atom stereocenters. The second-order valence-corrected chi connectivity index (χ2v) is 9.73. The van der Waals surface area contributed by atoms with Crippen molar-refractivity contribution < 1.29 is 15.0 Å². The number of likely N-dealkylation sites (tertiary alicyclic amines) is 1. The van der Waals surface area contributed by atoms with Crippen molar-refractivity contribution in [1.82, 2.24) is 4.90 Å². The maximum absolute atomic E-state index is 13.5. The number of hydrogen-bond acceptors (Lipinski definition) is 4. The van der Waals surface area contributed by atoms with Crippen molar-refractivity contribution in [2.75, 3.05) is 24.6 Å². The van der Waals surface area contributed by atoms with Gasteiger partial charge in [-0.05, 0) is 60.1 Å². The maximum Gasteiger partial charge on any atom is 0.263 e. The Labute approximate surface area is 194 Å². The number of amides is 1. The first kappa shape index (κ1) is 20.8. The molecule has 33 heavy (non-hydrogen) atoms. The average Bonchev–Trinajstić information content (AvgIpc) is 3.33. The van der Waals surface area contributed by atoms with Crippen LogP contribution >= 0.6 is 0 Å². The number of carbonyl (C=O) groups is 1. The third-order valence-electron chi connectivity index (χ3n) is 7.98. The molecule has 6 rings (SSSR count). The third-order valence-corrected chi connectivity index (χ3v) is 7.98. The van der Waals surface area contributed by atoms with E-state index < -0.39 is 5.60 Å². The first-order valence-electron chi connectivity index (χ1n) is 12.1. The van der Waals surface area contributed by atoms with E-state index in [-0.39, 0.29) is 25.0 Å². The Kier molecular flexibility index (Phi) is 5.02. The van der Waals surface area contributed by atoms with Crippen molar-refractivity contribution in [2.24, 2.45) is 0 Å². The van der Waals surface area contributed by atoms with Gasteiger partial charge in [-0.1, -0.05) is 54.6 Å². The number of piperidine rings is 1. The number of aliphatic hydroxyl groups excluding tert-OH is 1.